The van der Waals surface area contributed by atoms with Gasteiger partial charge in [-0.25, -0.2) is 4.79 Å². The van der Waals surface area contributed by atoms with Gasteiger partial charge in [0, 0.05) is 12.6 Å². The number of rotatable bonds is 2. The van der Waals surface area contributed by atoms with Crippen LogP contribution in [-0.4, -0.2) is 23.6 Å². The molecule has 0 atom stereocenters. The summed E-state index contributed by atoms with van der Waals surface area (Å²) in [6, 6.07) is 0.382. The van der Waals surface area contributed by atoms with Gasteiger partial charge in [0.05, 0.1) is 0 Å². The average molecular weight is 184 g/mol. The van der Waals surface area contributed by atoms with E-state index in [1.54, 1.807) is 4.90 Å². The summed E-state index contributed by atoms with van der Waals surface area (Å²) in [5.74, 6) is 0. The minimum Gasteiger partial charge on any atom is -0.446 e. The molecule has 1 amide bonds. The Morgan fingerprint density at radius 3 is 2.54 bits per heavy atom. The molecule has 0 unspecified atom stereocenters. The highest BCUT2D eigenvalue weighted by Gasteiger charge is 2.24. The van der Waals surface area contributed by atoms with Gasteiger partial charge in [-0.3, -0.25) is 0 Å². The molecular formula is C10H18NO2. The second-order valence-electron chi connectivity index (χ2n) is 3.49. The molecule has 3 heteroatoms. The van der Waals surface area contributed by atoms with E-state index in [0.717, 1.165) is 19.4 Å². The lowest BCUT2D eigenvalue weighted by atomic mass is 9.94. The van der Waals surface area contributed by atoms with Gasteiger partial charge in [0.25, 0.3) is 0 Å². The minimum atomic E-state index is -0.283. The monoisotopic (exact) mass is 184 g/mol. The normalized spacial score (nSPS) is 18.3. The van der Waals surface area contributed by atoms with Crippen LogP contribution in [0.1, 0.15) is 39.0 Å². The van der Waals surface area contributed by atoms with Crippen LogP contribution in [0.25, 0.3) is 0 Å². The van der Waals surface area contributed by atoms with Crippen LogP contribution in [0.2, 0.25) is 0 Å². The zero-order valence-corrected chi connectivity index (χ0v) is 8.29. The maximum absolute atomic E-state index is 11.3. The van der Waals surface area contributed by atoms with E-state index in [-0.39, 0.29) is 6.09 Å². The van der Waals surface area contributed by atoms with Crippen LogP contribution in [0, 0.1) is 7.11 Å². The molecule has 0 spiro atoms. The predicted octanol–water partition coefficient (Wildman–Crippen LogP) is 2.57. The highest BCUT2D eigenvalue weighted by molar-refractivity contribution is 5.68. The fourth-order valence-corrected chi connectivity index (χ4v) is 2.01. The molecule has 13 heavy (non-hydrogen) atoms. The fraction of sp³-hybridized carbons (Fsp3) is 0.800. The van der Waals surface area contributed by atoms with Gasteiger partial charge >= 0.3 is 6.09 Å². The van der Waals surface area contributed by atoms with E-state index in [4.69, 9.17) is 0 Å². The summed E-state index contributed by atoms with van der Waals surface area (Å²) in [6.45, 7) is 2.70. The van der Waals surface area contributed by atoms with Crippen LogP contribution >= 0.6 is 0 Å². The molecule has 0 aromatic rings. The zero-order valence-electron chi connectivity index (χ0n) is 8.29. The van der Waals surface area contributed by atoms with Crippen molar-refractivity contribution in [2.45, 2.75) is 45.1 Å². The van der Waals surface area contributed by atoms with Crippen molar-refractivity contribution in [2.24, 2.45) is 0 Å². The van der Waals surface area contributed by atoms with E-state index in [0.29, 0.717) is 6.04 Å². The molecule has 1 aliphatic carbocycles. The molecule has 0 aromatic carbocycles. The third-order valence-electron chi connectivity index (χ3n) is 2.71. The molecule has 75 valence electrons. The molecule has 0 aliphatic heterocycles. The van der Waals surface area contributed by atoms with Gasteiger partial charge in [-0.15, -0.1) is 0 Å². The molecule has 3 nitrogen and oxygen atoms in total. The molecule has 0 N–H and O–H groups in total. The SMILES string of the molecule is [CH2]OC(=O)N(CC)C1CCCCC1. The second-order valence-corrected chi connectivity index (χ2v) is 3.49. The summed E-state index contributed by atoms with van der Waals surface area (Å²) in [5, 5.41) is 0. The Hall–Kier alpha value is -0.730. The first-order valence-electron chi connectivity index (χ1n) is 5.02. The fourth-order valence-electron chi connectivity index (χ4n) is 2.01. The summed E-state index contributed by atoms with van der Waals surface area (Å²) in [4.78, 5) is 13.1. The highest BCUT2D eigenvalue weighted by Crippen LogP contribution is 2.22. The quantitative estimate of drug-likeness (QED) is 0.660. The molecule has 0 heterocycles. The molecule has 1 saturated carbocycles. The first kappa shape index (κ1) is 10.4. The number of carbonyl (C=O) groups is 1. The Kier molecular flexibility index (Phi) is 4.06. The second kappa shape index (κ2) is 5.10. The smallest absolute Gasteiger partial charge is 0.410 e. The number of hydrogen-bond acceptors (Lipinski definition) is 2. The van der Waals surface area contributed by atoms with Crippen molar-refractivity contribution in [1.82, 2.24) is 4.90 Å². The van der Waals surface area contributed by atoms with Gasteiger partial charge < -0.3 is 9.64 Å². The molecule has 1 fully saturated rings. The highest BCUT2D eigenvalue weighted by atomic mass is 16.5. The van der Waals surface area contributed by atoms with Crippen LogP contribution in [0.5, 0.6) is 0 Å². The van der Waals surface area contributed by atoms with Gasteiger partial charge in [-0.1, -0.05) is 19.3 Å². The molecule has 0 bridgehead atoms. The molecule has 0 aromatic heterocycles. The maximum Gasteiger partial charge on any atom is 0.410 e. The third-order valence-corrected chi connectivity index (χ3v) is 2.71. The van der Waals surface area contributed by atoms with Crippen molar-refractivity contribution < 1.29 is 9.53 Å². The van der Waals surface area contributed by atoms with Crippen molar-refractivity contribution in [2.75, 3.05) is 6.54 Å². The number of carbonyl (C=O) groups excluding carboxylic acids is 1. The summed E-state index contributed by atoms with van der Waals surface area (Å²) >= 11 is 0. The summed E-state index contributed by atoms with van der Waals surface area (Å²) in [5.41, 5.74) is 0. The molecule has 0 saturated heterocycles. The third kappa shape index (κ3) is 2.61. The summed E-state index contributed by atoms with van der Waals surface area (Å²) in [7, 11) is 3.16. The van der Waals surface area contributed by atoms with E-state index in [1.807, 2.05) is 6.92 Å². The van der Waals surface area contributed by atoms with E-state index < -0.39 is 0 Å². The number of ether oxygens (including phenoxy) is 1. The van der Waals surface area contributed by atoms with Crippen molar-refractivity contribution in [3.05, 3.63) is 7.11 Å². The Morgan fingerprint density at radius 1 is 1.46 bits per heavy atom. The van der Waals surface area contributed by atoms with Crippen LogP contribution in [0.3, 0.4) is 0 Å². The van der Waals surface area contributed by atoms with Gasteiger partial charge in [-0.2, -0.15) is 0 Å². The van der Waals surface area contributed by atoms with E-state index >= 15 is 0 Å². The van der Waals surface area contributed by atoms with Crippen LogP contribution in [0.4, 0.5) is 4.79 Å². The Balaban J connectivity index is 2.48. The molecular weight excluding hydrogens is 166 g/mol. The van der Waals surface area contributed by atoms with Crippen LogP contribution in [-0.2, 0) is 4.74 Å². The van der Waals surface area contributed by atoms with Crippen molar-refractivity contribution in [1.29, 1.82) is 0 Å². The Bertz CT molecular complexity index is 164. The number of hydrogen-bond donors (Lipinski definition) is 0. The lowest BCUT2D eigenvalue weighted by molar-refractivity contribution is 0.106. The van der Waals surface area contributed by atoms with Gasteiger partial charge in [-0.05, 0) is 19.8 Å². The van der Waals surface area contributed by atoms with Crippen molar-refractivity contribution in [3.8, 4) is 0 Å². The average Bonchev–Trinajstić information content (AvgIpc) is 2.20. The van der Waals surface area contributed by atoms with Crippen molar-refractivity contribution in [3.63, 3.8) is 0 Å². The molecule has 1 radical (unpaired) electrons. The number of amides is 1. The Morgan fingerprint density at radius 2 is 2.08 bits per heavy atom. The standard InChI is InChI=1S/C10H18NO2/c1-3-11(10(12)13-2)9-7-5-4-6-8-9/h9H,2-8H2,1H3. The van der Waals surface area contributed by atoms with Gasteiger partial charge in [0.2, 0.25) is 0 Å². The first-order valence-corrected chi connectivity index (χ1v) is 5.02. The minimum absolute atomic E-state index is 0.283. The summed E-state index contributed by atoms with van der Waals surface area (Å²) in [6.07, 6.45) is 5.70. The van der Waals surface area contributed by atoms with E-state index in [9.17, 15) is 4.79 Å². The zero-order chi connectivity index (χ0) is 9.68. The van der Waals surface area contributed by atoms with E-state index in [2.05, 4.69) is 11.8 Å². The Labute approximate surface area is 80.1 Å². The van der Waals surface area contributed by atoms with Crippen molar-refractivity contribution >= 4 is 6.09 Å². The first-order chi connectivity index (χ1) is 6.29. The van der Waals surface area contributed by atoms with Crippen LogP contribution < -0.4 is 0 Å². The topological polar surface area (TPSA) is 29.5 Å². The summed E-state index contributed by atoms with van der Waals surface area (Å²) < 4.78 is 4.49. The van der Waals surface area contributed by atoms with E-state index in [1.165, 1.54) is 19.3 Å². The van der Waals surface area contributed by atoms with Gasteiger partial charge in [0.15, 0.2) is 0 Å². The largest absolute Gasteiger partial charge is 0.446 e. The lowest BCUT2D eigenvalue weighted by Crippen LogP contribution is -2.40. The molecule has 1 aliphatic rings. The molecule has 1 rings (SSSR count). The maximum atomic E-state index is 11.3. The van der Waals surface area contributed by atoms with Gasteiger partial charge in [0.1, 0.15) is 7.11 Å². The number of nitrogens with zero attached hydrogens (tertiary/aromatic N) is 1. The van der Waals surface area contributed by atoms with Crippen LogP contribution in [0.15, 0.2) is 0 Å². The lowest BCUT2D eigenvalue weighted by Gasteiger charge is -2.32. The predicted molar refractivity (Wildman–Crippen MR) is 51.1 cm³/mol.